The highest BCUT2D eigenvalue weighted by Crippen LogP contribution is 2.16. The topological polar surface area (TPSA) is 32.3 Å². The van der Waals surface area contributed by atoms with E-state index in [4.69, 9.17) is 0 Å². The van der Waals surface area contributed by atoms with Gasteiger partial charge in [0.15, 0.2) is 0 Å². The van der Waals surface area contributed by atoms with Crippen molar-refractivity contribution in [1.82, 2.24) is 10.2 Å². The van der Waals surface area contributed by atoms with E-state index in [0.29, 0.717) is 0 Å². The van der Waals surface area contributed by atoms with Gasteiger partial charge >= 0.3 is 0 Å². The number of nitrogens with one attached hydrogen (secondary N) is 1. The van der Waals surface area contributed by atoms with E-state index in [1.807, 2.05) is 0 Å². The summed E-state index contributed by atoms with van der Waals surface area (Å²) in [5, 5.41) is 3.18. The van der Waals surface area contributed by atoms with Gasteiger partial charge in [-0.25, -0.2) is 0 Å². The maximum atomic E-state index is 10.6. The maximum absolute atomic E-state index is 10.6. The fraction of sp³-hybridized carbons (Fsp3) is 0.889. The number of carbonyl (C=O) groups excluding carboxylic acids is 1. The molecular weight excluding hydrogens is 152 g/mol. The lowest BCUT2D eigenvalue weighted by Gasteiger charge is -2.42. The Morgan fingerprint density at radius 1 is 1.50 bits per heavy atom. The molecule has 1 atom stereocenters. The van der Waals surface area contributed by atoms with Gasteiger partial charge in [-0.05, 0) is 20.8 Å². The van der Waals surface area contributed by atoms with Crippen molar-refractivity contribution in [2.24, 2.45) is 0 Å². The molecule has 1 saturated heterocycles. The molecule has 1 rings (SSSR count). The molecule has 1 radical (unpaired) electrons. The van der Waals surface area contributed by atoms with Crippen LogP contribution in [-0.4, -0.2) is 42.4 Å². The summed E-state index contributed by atoms with van der Waals surface area (Å²) in [6, 6.07) is -0.0706. The zero-order valence-electron chi connectivity index (χ0n) is 8.05. The van der Waals surface area contributed by atoms with Gasteiger partial charge < -0.3 is 5.32 Å². The SMILES string of the molecule is CC(C)(C)N1CCNCC1[C]=O. The molecule has 1 fully saturated rings. The van der Waals surface area contributed by atoms with Crippen LogP contribution in [-0.2, 0) is 4.79 Å². The zero-order chi connectivity index (χ0) is 9.19. The number of rotatable bonds is 1. The summed E-state index contributed by atoms with van der Waals surface area (Å²) in [5.74, 6) is 0. The first-order chi connectivity index (χ1) is 5.55. The molecule has 0 aliphatic carbocycles. The van der Waals surface area contributed by atoms with E-state index in [9.17, 15) is 4.79 Å². The summed E-state index contributed by atoms with van der Waals surface area (Å²) in [7, 11) is 0. The third kappa shape index (κ3) is 2.05. The minimum Gasteiger partial charge on any atom is -0.313 e. The molecular formula is C9H17N2O. The van der Waals surface area contributed by atoms with E-state index in [0.717, 1.165) is 19.6 Å². The van der Waals surface area contributed by atoms with Crippen molar-refractivity contribution in [3.8, 4) is 0 Å². The normalized spacial score (nSPS) is 27.1. The van der Waals surface area contributed by atoms with Crippen LogP contribution in [0.5, 0.6) is 0 Å². The van der Waals surface area contributed by atoms with Gasteiger partial charge in [-0.1, -0.05) is 0 Å². The minimum atomic E-state index is -0.0706. The van der Waals surface area contributed by atoms with E-state index in [-0.39, 0.29) is 11.6 Å². The quantitative estimate of drug-likeness (QED) is 0.607. The Morgan fingerprint density at radius 2 is 2.17 bits per heavy atom. The predicted octanol–water partition coefficient (Wildman–Crippen LogP) is 0.168. The minimum absolute atomic E-state index is 0.0706. The molecule has 69 valence electrons. The van der Waals surface area contributed by atoms with Crippen molar-refractivity contribution in [1.29, 1.82) is 0 Å². The largest absolute Gasteiger partial charge is 0.313 e. The van der Waals surface area contributed by atoms with Crippen LogP contribution in [0, 0.1) is 0 Å². The lowest BCUT2D eigenvalue weighted by molar-refractivity contribution is 0.0911. The molecule has 0 amide bonds. The molecule has 1 heterocycles. The van der Waals surface area contributed by atoms with Gasteiger partial charge in [-0.3, -0.25) is 9.69 Å². The summed E-state index contributed by atoms with van der Waals surface area (Å²) in [4.78, 5) is 12.8. The second kappa shape index (κ2) is 3.54. The highest BCUT2D eigenvalue weighted by Gasteiger charge is 2.30. The summed E-state index contributed by atoms with van der Waals surface area (Å²) < 4.78 is 0. The standard InChI is InChI=1S/C9H17N2O/c1-9(2,3)11-5-4-10-6-8(11)7-12/h8,10H,4-6H2,1-3H3. The van der Waals surface area contributed by atoms with Crippen LogP contribution in [0.1, 0.15) is 20.8 Å². The average molecular weight is 169 g/mol. The third-order valence-corrected chi connectivity index (χ3v) is 2.24. The summed E-state index contributed by atoms with van der Waals surface area (Å²) >= 11 is 0. The van der Waals surface area contributed by atoms with Crippen molar-refractivity contribution in [3.05, 3.63) is 0 Å². The van der Waals surface area contributed by atoms with E-state index < -0.39 is 0 Å². The van der Waals surface area contributed by atoms with Gasteiger partial charge in [0.25, 0.3) is 0 Å². The van der Waals surface area contributed by atoms with Gasteiger partial charge in [-0.2, -0.15) is 0 Å². The fourth-order valence-electron chi connectivity index (χ4n) is 1.61. The summed E-state index contributed by atoms with van der Waals surface area (Å²) in [5.41, 5.74) is 0.0736. The second-order valence-electron chi connectivity index (χ2n) is 4.20. The number of hydrogen-bond donors (Lipinski definition) is 1. The van der Waals surface area contributed by atoms with E-state index in [1.165, 1.54) is 0 Å². The van der Waals surface area contributed by atoms with Crippen molar-refractivity contribution in [2.45, 2.75) is 32.4 Å². The number of piperazine rings is 1. The molecule has 1 aliphatic heterocycles. The predicted molar refractivity (Wildman–Crippen MR) is 48.8 cm³/mol. The van der Waals surface area contributed by atoms with Crippen molar-refractivity contribution >= 4 is 6.29 Å². The first kappa shape index (κ1) is 9.68. The lowest BCUT2D eigenvalue weighted by atomic mass is 10.0. The Balaban J connectivity index is 2.65. The first-order valence-electron chi connectivity index (χ1n) is 4.41. The second-order valence-corrected chi connectivity index (χ2v) is 4.20. The van der Waals surface area contributed by atoms with Crippen LogP contribution in [0.2, 0.25) is 0 Å². The molecule has 1 unspecified atom stereocenters. The molecule has 1 aliphatic rings. The molecule has 0 spiro atoms. The van der Waals surface area contributed by atoms with Gasteiger partial charge in [0, 0.05) is 25.2 Å². The fourth-order valence-corrected chi connectivity index (χ4v) is 1.61. The molecule has 0 aromatic carbocycles. The molecule has 0 aromatic heterocycles. The van der Waals surface area contributed by atoms with Gasteiger partial charge in [0.1, 0.15) is 0 Å². The Hall–Kier alpha value is -0.410. The highest BCUT2D eigenvalue weighted by atomic mass is 16.1. The summed E-state index contributed by atoms with van der Waals surface area (Å²) in [6.07, 6.45) is 2.07. The Bertz CT molecular complexity index is 162. The van der Waals surface area contributed by atoms with Crippen LogP contribution in [0.3, 0.4) is 0 Å². The van der Waals surface area contributed by atoms with Crippen LogP contribution >= 0.6 is 0 Å². The van der Waals surface area contributed by atoms with Crippen molar-refractivity contribution in [3.63, 3.8) is 0 Å². The Morgan fingerprint density at radius 3 is 2.58 bits per heavy atom. The molecule has 0 saturated carbocycles. The van der Waals surface area contributed by atoms with Gasteiger partial charge in [0.2, 0.25) is 6.29 Å². The van der Waals surface area contributed by atoms with Gasteiger partial charge in [-0.15, -0.1) is 0 Å². The van der Waals surface area contributed by atoms with Crippen LogP contribution < -0.4 is 5.32 Å². The van der Waals surface area contributed by atoms with E-state index in [2.05, 4.69) is 37.3 Å². The van der Waals surface area contributed by atoms with E-state index >= 15 is 0 Å². The maximum Gasteiger partial charge on any atom is 0.218 e. The first-order valence-corrected chi connectivity index (χ1v) is 4.41. The average Bonchev–Trinajstić information content (AvgIpc) is 2.03. The molecule has 0 aromatic rings. The Labute approximate surface area is 74.1 Å². The molecule has 1 N–H and O–H groups in total. The molecule has 3 heteroatoms. The van der Waals surface area contributed by atoms with E-state index in [1.54, 1.807) is 0 Å². The molecule has 0 bridgehead atoms. The highest BCUT2D eigenvalue weighted by molar-refractivity contribution is 5.59. The molecule has 12 heavy (non-hydrogen) atoms. The zero-order valence-corrected chi connectivity index (χ0v) is 8.05. The lowest BCUT2D eigenvalue weighted by Crippen LogP contribution is -2.58. The number of nitrogens with zero attached hydrogens (tertiary/aromatic N) is 1. The van der Waals surface area contributed by atoms with Crippen LogP contribution in [0.25, 0.3) is 0 Å². The van der Waals surface area contributed by atoms with Crippen molar-refractivity contribution in [2.75, 3.05) is 19.6 Å². The van der Waals surface area contributed by atoms with Gasteiger partial charge in [0.05, 0.1) is 6.04 Å². The third-order valence-electron chi connectivity index (χ3n) is 2.24. The molecule has 3 nitrogen and oxygen atoms in total. The smallest absolute Gasteiger partial charge is 0.218 e. The van der Waals surface area contributed by atoms with Crippen LogP contribution in [0.15, 0.2) is 0 Å². The Kier molecular flexibility index (Phi) is 2.85. The van der Waals surface area contributed by atoms with Crippen molar-refractivity contribution < 1.29 is 4.79 Å². The monoisotopic (exact) mass is 169 g/mol. The summed E-state index contributed by atoms with van der Waals surface area (Å²) in [6.45, 7) is 9.02. The van der Waals surface area contributed by atoms with Crippen LogP contribution in [0.4, 0.5) is 0 Å². The number of hydrogen-bond acceptors (Lipinski definition) is 3.